The Balaban J connectivity index is -0.0000000865. The van der Waals surface area contributed by atoms with E-state index in [1.165, 1.54) is 0 Å². The Hall–Kier alpha value is -3.22. The highest BCUT2D eigenvalue weighted by Gasteiger charge is 2.04. The Bertz CT molecular complexity index is 272. The number of carbonyl (C=O) groups is 6. The van der Waals surface area contributed by atoms with Crippen LogP contribution in [0.4, 0.5) is 0 Å². The van der Waals surface area contributed by atoms with Crippen LogP contribution in [0.3, 0.4) is 0 Å². The molecule has 0 rings (SSSR count). The van der Waals surface area contributed by atoms with E-state index >= 15 is 0 Å². The Kier molecular flexibility index (Phi) is 16.8. The Morgan fingerprint density at radius 2 is 0.421 bits per heavy atom. The SMILES string of the molecule is O.O=C(O)C(=O)O.O=C(O)C(=O)O.O=C(O)C(=O)O. The number of carboxylic acid groups (broad SMARTS) is 6. The topological polar surface area (TPSA) is 255 Å². The van der Waals surface area contributed by atoms with Crippen molar-refractivity contribution >= 4 is 35.8 Å². The van der Waals surface area contributed by atoms with Crippen LogP contribution in [0.25, 0.3) is 0 Å². The highest BCUT2D eigenvalue weighted by molar-refractivity contribution is 6.28. The number of rotatable bonds is 0. The van der Waals surface area contributed by atoms with Gasteiger partial charge in [-0.15, -0.1) is 0 Å². The molecule has 8 N–H and O–H groups in total. The normalized spacial score (nSPS) is 6.95. The molecule has 13 nitrogen and oxygen atoms in total. The van der Waals surface area contributed by atoms with Crippen LogP contribution >= 0.6 is 0 Å². The molecular weight excluding hydrogens is 280 g/mol. The van der Waals surface area contributed by atoms with Gasteiger partial charge in [-0.05, 0) is 0 Å². The summed E-state index contributed by atoms with van der Waals surface area (Å²) in [4.78, 5) is 54.6. The van der Waals surface area contributed by atoms with Gasteiger partial charge in [0.25, 0.3) is 0 Å². The van der Waals surface area contributed by atoms with Crippen LogP contribution in [0.5, 0.6) is 0 Å². The minimum absolute atomic E-state index is 0. The van der Waals surface area contributed by atoms with Gasteiger partial charge in [-0.2, -0.15) is 0 Å². The van der Waals surface area contributed by atoms with Crippen molar-refractivity contribution in [3.63, 3.8) is 0 Å². The lowest BCUT2D eigenvalue weighted by Gasteiger charge is -1.72. The monoisotopic (exact) mass is 288 g/mol. The van der Waals surface area contributed by atoms with Gasteiger partial charge in [-0.25, -0.2) is 28.8 Å². The molecule has 0 bridgehead atoms. The largest absolute Gasteiger partial charge is 0.473 e. The lowest BCUT2D eigenvalue weighted by molar-refractivity contribution is -0.159. The van der Waals surface area contributed by atoms with Crippen LogP contribution in [0.2, 0.25) is 0 Å². The number of aliphatic carboxylic acids is 6. The molecule has 0 aromatic rings. The molecule has 0 aromatic carbocycles. The van der Waals surface area contributed by atoms with E-state index in [0.717, 1.165) is 0 Å². The van der Waals surface area contributed by atoms with Crippen LogP contribution < -0.4 is 0 Å². The predicted octanol–water partition coefficient (Wildman–Crippen LogP) is -3.36. The molecule has 0 heterocycles. The van der Waals surface area contributed by atoms with Crippen LogP contribution in [0.1, 0.15) is 0 Å². The minimum atomic E-state index is -1.82. The molecule has 0 fully saturated rings. The standard InChI is InChI=1S/3C2H2O4.H2O/c3*3-1(4)2(5)6;/h3*(H,3,4)(H,5,6);1H2. The van der Waals surface area contributed by atoms with E-state index in [2.05, 4.69) is 0 Å². The van der Waals surface area contributed by atoms with Crippen molar-refractivity contribution in [2.75, 3.05) is 0 Å². The summed E-state index contributed by atoms with van der Waals surface area (Å²) in [6.07, 6.45) is 0. The number of carboxylic acids is 6. The third kappa shape index (κ3) is 31.3. The molecule has 110 valence electrons. The Morgan fingerprint density at radius 3 is 0.421 bits per heavy atom. The zero-order valence-corrected chi connectivity index (χ0v) is 8.63. The maximum absolute atomic E-state index is 9.10. The number of hydrogen-bond donors (Lipinski definition) is 6. The molecule has 0 amide bonds. The fourth-order valence-corrected chi connectivity index (χ4v) is 0. The smallest absolute Gasteiger partial charge is 0.414 e. The summed E-state index contributed by atoms with van der Waals surface area (Å²) in [5, 5.41) is 44.3. The molecule has 0 aliphatic carbocycles. The molecule has 0 spiro atoms. The van der Waals surface area contributed by atoms with Crippen molar-refractivity contribution in [2.24, 2.45) is 0 Å². The summed E-state index contributed by atoms with van der Waals surface area (Å²) >= 11 is 0. The lowest BCUT2D eigenvalue weighted by Crippen LogP contribution is -2.09. The van der Waals surface area contributed by atoms with Crippen molar-refractivity contribution in [1.82, 2.24) is 0 Å². The molecule has 0 radical (unpaired) electrons. The molecule has 0 unspecified atom stereocenters. The van der Waals surface area contributed by atoms with Gasteiger partial charge in [0.2, 0.25) is 0 Å². The Labute approximate surface area is 102 Å². The second-order valence-electron chi connectivity index (χ2n) is 1.83. The van der Waals surface area contributed by atoms with Crippen molar-refractivity contribution < 1.29 is 64.9 Å². The van der Waals surface area contributed by atoms with E-state index in [0.29, 0.717) is 0 Å². The first-order valence-electron chi connectivity index (χ1n) is 3.32. The van der Waals surface area contributed by atoms with Crippen molar-refractivity contribution in [3.05, 3.63) is 0 Å². The third-order valence-electron chi connectivity index (χ3n) is 0.549. The molecule has 0 atom stereocenters. The number of hydrogen-bond acceptors (Lipinski definition) is 6. The van der Waals surface area contributed by atoms with Gasteiger partial charge in [0.15, 0.2) is 0 Å². The van der Waals surface area contributed by atoms with Gasteiger partial charge in [-0.1, -0.05) is 0 Å². The van der Waals surface area contributed by atoms with E-state index in [9.17, 15) is 0 Å². The quantitative estimate of drug-likeness (QED) is 0.239. The summed E-state index contributed by atoms with van der Waals surface area (Å²) < 4.78 is 0. The minimum Gasteiger partial charge on any atom is -0.473 e. The molecule has 0 aromatic heterocycles. The van der Waals surface area contributed by atoms with E-state index < -0.39 is 35.8 Å². The average Bonchev–Trinajstić information content (AvgIpc) is 2.18. The maximum Gasteiger partial charge on any atom is 0.414 e. The lowest BCUT2D eigenvalue weighted by atomic mass is 10.7. The first-order chi connectivity index (χ1) is 7.93. The summed E-state index contributed by atoms with van der Waals surface area (Å²) in [5.41, 5.74) is 0. The van der Waals surface area contributed by atoms with Crippen LogP contribution in [-0.4, -0.2) is 71.9 Å². The fraction of sp³-hybridized carbons (Fsp3) is 0. The summed E-state index contributed by atoms with van der Waals surface area (Å²) in [7, 11) is 0. The van der Waals surface area contributed by atoms with Gasteiger partial charge in [-0.3, -0.25) is 0 Å². The second kappa shape index (κ2) is 12.8. The van der Waals surface area contributed by atoms with Gasteiger partial charge in [0, 0.05) is 0 Å². The van der Waals surface area contributed by atoms with Gasteiger partial charge in [0.05, 0.1) is 0 Å². The summed E-state index contributed by atoms with van der Waals surface area (Å²) in [6, 6.07) is 0. The maximum atomic E-state index is 9.10. The van der Waals surface area contributed by atoms with Crippen LogP contribution in [0.15, 0.2) is 0 Å². The van der Waals surface area contributed by atoms with Crippen LogP contribution in [-0.2, 0) is 28.8 Å². The van der Waals surface area contributed by atoms with Crippen molar-refractivity contribution in [2.45, 2.75) is 0 Å². The summed E-state index contributed by atoms with van der Waals surface area (Å²) in [6.45, 7) is 0. The zero-order valence-electron chi connectivity index (χ0n) is 8.63. The second-order valence-corrected chi connectivity index (χ2v) is 1.83. The van der Waals surface area contributed by atoms with E-state index in [1.54, 1.807) is 0 Å². The molecule has 13 heteroatoms. The average molecular weight is 288 g/mol. The Morgan fingerprint density at radius 1 is 0.368 bits per heavy atom. The third-order valence-corrected chi connectivity index (χ3v) is 0.549. The predicted molar refractivity (Wildman–Crippen MR) is 49.4 cm³/mol. The molecular formula is C6H8O13. The first-order valence-corrected chi connectivity index (χ1v) is 3.32. The molecule has 0 saturated carbocycles. The highest BCUT2D eigenvalue weighted by Crippen LogP contribution is 1.57. The van der Waals surface area contributed by atoms with Gasteiger partial charge >= 0.3 is 35.8 Å². The van der Waals surface area contributed by atoms with Crippen LogP contribution in [0, 0.1) is 0 Å². The molecule has 0 aliphatic rings. The van der Waals surface area contributed by atoms with E-state index in [-0.39, 0.29) is 5.48 Å². The molecule has 0 saturated heterocycles. The first kappa shape index (κ1) is 24.8. The molecule has 0 aliphatic heterocycles. The van der Waals surface area contributed by atoms with E-state index in [4.69, 9.17) is 59.4 Å². The highest BCUT2D eigenvalue weighted by atomic mass is 16.5. The fourth-order valence-electron chi connectivity index (χ4n) is 0. The van der Waals surface area contributed by atoms with Gasteiger partial charge in [0.1, 0.15) is 0 Å². The van der Waals surface area contributed by atoms with Crippen molar-refractivity contribution in [3.8, 4) is 0 Å². The van der Waals surface area contributed by atoms with Crippen molar-refractivity contribution in [1.29, 1.82) is 0 Å². The zero-order chi connectivity index (χ0) is 15.5. The summed E-state index contributed by atoms with van der Waals surface area (Å²) in [5.74, 6) is -10.9. The van der Waals surface area contributed by atoms with E-state index in [1.807, 2.05) is 0 Å². The van der Waals surface area contributed by atoms with Gasteiger partial charge < -0.3 is 36.1 Å². The molecule has 19 heavy (non-hydrogen) atoms.